The number of fused-ring (bicyclic) bond motifs is 5. The van der Waals surface area contributed by atoms with Crippen molar-refractivity contribution in [1.82, 2.24) is 5.32 Å². The molecule has 1 amide bonds. The SMILES string of the molecule is CCCCCCCCCCCCCCCCCCCCCCC(=O)OC1CCC2(C)C(CCC3C2CCC2(C)C(C(C)CCC(=O)NCC(=O)O)CCC32)C1. The first-order valence-electron chi connectivity index (χ1n) is 24.3. The molecule has 0 spiro atoms. The number of hydrogen-bond acceptors (Lipinski definition) is 4. The number of aliphatic carboxylic acids is 1. The van der Waals surface area contributed by atoms with Crippen molar-refractivity contribution >= 4 is 17.8 Å². The zero-order valence-corrected chi connectivity index (χ0v) is 36.5. The molecule has 0 radical (unpaired) electrons. The van der Waals surface area contributed by atoms with Crippen LogP contribution in [0.15, 0.2) is 0 Å². The first kappa shape index (κ1) is 46.1. The standard InChI is InChI=1S/C49H87NO5/c1-5-6-7-8-9-10-11-12-13-14-15-16-17-18-19-20-21-22-23-24-25-47(54)55-40-32-34-48(3)39(36-40)27-28-41-43-30-29-42(49(43,4)35-33-44(41)48)38(2)26-31-45(51)50-37-46(52)53/h38-44H,5-37H2,1-4H3,(H,50,51)(H,52,53). The van der Waals surface area contributed by atoms with E-state index in [1.165, 1.54) is 161 Å². The molecule has 6 nitrogen and oxygen atoms in total. The van der Waals surface area contributed by atoms with Crippen LogP contribution in [0.1, 0.15) is 233 Å². The lowest BCUT2D eigenvalue weighted by atomic mass is 9.44. The van der Waals surface area contributed by atoms with Gasteiger partial charge in [-0.05, 0) is 117 Å². The molecular weight excluding hydrogens is 683 g/mol. The average molecular weight is 770 g/mol. The summed E-state index contributed by atoms with van der Waals surface area (Å²) in [5, 5.41) is 11.4. The molecule has 4 aliphatic carbocycles. The molecule has 0 bridgehead atoms. The Balaban J connectivity index is 1.02. The fourth-order valence-corrected chi connectivity index (χ4v) is 12.9. The molecule has 55 heavy (non-hydrogen) atoms. The minimum Gasteiger partial charge on any atom is -0.480 e. The van der Waals surface area contributed by atoms with E-state index in [1.807, 2.05) is 0 Å². The molecule has 4 fully saturated rings. The Labute approximate surface area is 338 Å². The van der Waals surface area contributed by atoms with E-state index in [4.69, 9.17) is 9.84 Å². The van der Waals surface area contributed by atoms with Crippen molar-refractivity contribution in [2.45, 2.75) is 239 Å². The molecule has 4 rings (SSSR count). The van der Waals surface area contributed by atoms with Crippen LogP contribution in [0.4, 0.5) is 0 Å². The molecule has 318 valence electrons. The molecule has 0 aromatic heterocycles. The van der Waals surface area contributed by atoms with Crippen molar-refractivity contribution in [2.24, 2.45) is 46.3 Å². The van der Waals surface area contributed by atoms with Gasteiger partial charge >= 0.3 is 11.9 Å². The third-order valence-corrected chi connectivity index (χ3v) is 16.2. The molecule has 0 aromatic rings. The highest BCUT2D eigenvalue weighted by atomic mass is 16.5. The van der Waals surface area contributed by atoms with Crippen LogP contribution >= 0.6 is 0 Å². The first-order valence-corrected chi connectivity index (χ1v) is 24.3. The number of unbranched alkanes of at least 4 members (excludes halogenated alkanes) is 19. The number of rotatable bonds is 28. The van der Waals surface area contributed by atoms with Gasteiger partial charge in [0, 0.05) is 12.8 Å². The summed E-state index contributed by atoms with van der Waals surface area (Å²) in [5.74, 6) is 3.07. The lowest BCUT2D eigenvalue weighted by molar-refractivity contribution is -0.162. The molecular formula is C49H87NO5. The van der Waals surface area contributed by atoms with E-state index < -0.39 is 5.97 Å². The van der Waals surface area contributed by atoms with E-state index in [1.54, 1.807) is 0 Å². The fourth-order valence-electron chi connectivity index (χ4n) is 12.9. The summed E-state index contributed by atoms with van der Waals surface area (Å²) in [7, 11) is 0. The Morgan fingerprint density at radius 3 is 1.75 bits per heavy atom. The zero-order chi connectivity index (χ0) is 39.5. The Bertz CT molecular complexity index is 1120. The van der Waals surface area contributed by atoms with Gasteiger partial charge in [0.05, 0.1) is 0 Å². The fraction of sp³-hybridized carbons (Fsp3) is 0.939. The zero-order valence-electron chi connectivity index (χ0n) is 36.5. The Morgan fingerprint density at radius 1 is 0.655 bits per heavy atom. The van der Waals surface area contributed by atoms with Crippen molar-refractivity contribution in [1.29, 1.82) is 0 Å². The van der Waals surface area contributed by atoms with Gasteiger partial charge < -0.3 is 15.2 Å². The predicted octanol–water partition coefficient (Wildman–Crippen LogP) is 13.4. The average Bonchev–Trinajstić information content (AvgIpc) is 3.52. The summed E-state index contributed by atoms with van der Waals surface area (Å²) in [6.07, 6.45) is 40.5. The maximum absolute atomic E-state index is 12.9. The second-order valence-electron chi connectivity index (χ2n) is 19.9. The monoisotopic (exact) mass is 770 g/mol. The van der Waals surface area contributed by atoms with Gasteiger partial charge in [0.15, 0.2) is 0 Å². The highest BCUT2D eigenvalue weighted by molar-refractivity contribution is 5.81. The van der Waals surface area contributed by atoms with Crippen molar-refractivity contribution in [3.63, 3.8) is 0 Å². The smallest absolute Gasteiger partial charge is 0.322 e. The number of carboxylic acid groups (broad SMARTS) is 1. The molecule has 0 aliphatic heterocycles. The van der Waals surface area contributed by atoms with Crippen LogP contribution in [0.5, 0.6) is 0 Å². The molecule has 9 atom stereocenters. The summed E-state index contributed by atoms with van der Waals surface area (Å²) in [6, 6.07) is 0. The van der Waals surface area contributed by atoms with Crippen molar-refractivity contribution < 1.29 is 24.2 Å². The number of ether oxygens (including phenoxy) is 1. The predicted molar refractivity (Wildman–Crippen MR) is 227 cm³/mol. The number of amides is 1. The minimum atomic E-state index is -0.987. The summed E-state index contributed by atoms with van der Waals surface area (Å²) >= 11 is 0. The number of carboxylic acids is 1. The normalized spacial score (nSPS) is 30.5. The summed E-state index contributed by atoms with van der Waals surface area (Å²) in [6.45, 7) is 9.50. The topological polar surface area (TPSA) is 92.7 Å². The minimum absolute atomic E-state index is 0.0450. The second-order valence-corrected chi connectivity index (χ2v) is 19.9. The van der Waals surface area contributed by atoms with E-state index in [9.17, 15) is 14.4 Å². The quantitative estimate of drug-likeness (QED) is 0.0610. The Morgan fingerprint density at radius 2 is 1.18 bits per heavy atom. The number of nitrogens with one attached hydrogen (secondary N) is 1. The molecule has 0 aromatic carbocycles. The van der Waals surface area contributed by atoms with Crippen LogP contribution in [-0.4, -0.2) is 35.6 Å². The van der Waals surface area contributed by atoms with Crippen LogP contribution in [-0.2, 0) is 19.1 Å². The van der Waals surface area contributed by atoms with Gasteiger partial charge in [-0.1, -0.05) is 150 Å². The van der Waals surface area contributed by atoms with Gasteiger partial charge in [0.2, 0.25) is 5.91 Å². The number of esters is 1. The van der Waals surface area contributed by atoms with E-state index in [-0.39, 0.29) is 24.5 Å². The molecule has 9 unspecified atom stereocenters. The number of hydrogen-bond donors (Lipinski definition) is 2. The lowest BCUT2D eigenvalue weighted by Crippen LogP contribution is -2.54. The van der Waals surface area contributed by atoms with E-state index in [0.29, 0.717) is 41.4 Å². The van der Waals surface area contributed by atoms with Gasteiger partial charge in [0.25, 0.3) is 0 Å². The number of carbonyl (C=O) groups is 3. The van der Waals surface area contributed by atoms with Gasteiger partial charge in [-0.2, -0.15) is 0 Å². The van der Waals surface area contributed by atoms with Crippen molar-refractivity contribution in [3.8, 4) is 0 Å². The second kappa shape index (κ2) is 24.4. The highest BCUT2D eigenvalue weighted by Gasteiger charge is 2.60. The molecule has 2 N–H and O–H groups in total. The Kier molecular flexibility index (Phi) is 20.4. The van der Waals surface area contributed by atoms with Gasteiger partial charge in [-0.25, -0.2) is 0 Å². The van der Waals surface area contributed by atoms with Crippen LogP contribution in [0, 0.1) is 46.3 Å². The van der Waals surface area contributed by atoms with E-state index in [0.717, 1.165) is 49.9 Å². The maximum atomic E-state index is 12.9. The maximum Gasteiger partial charge on any atom is 0.322 e. The number of carbonyl (C=O) groups excluding carboxylic acids is 2. The summed E-state index contributed by atoms with van der Waals surface area (Å²) in [4.78, 5) is 36.0. The van der Waals surface area contributed by atoms with Crippen LogP contribution in [0.2, 0.25) is 0 Å². The third-order valence-electron chi connectivity index (χ3n) is 16.2. The van der Waals surface area contributed by atoms with E-state index >= 15 is 0 Å². The molecule has 4 saturated carbocycles. The van der Waals surface area contributed by atoms with Crippen LogP contribution in [0.3, 0.4) is 0 Å². The first-order chi connectivity index (χ1) is 26.6. The highest BCUT2D eigenvalue weighted by Crippen LogP contribution is 2.68. The third kappa shape index (κ3) is 14.3. The largest absolute Gasteiger partial charge is 0.480 e. The molecule has 4 aliphatic rings. The van der Waals surface area contributed by atoms with Gasteiger partial charge in [-0.15, -0.1) is 0 Å². The molecule has 0 saturated heterocycles. The van der Waals surface area contributed by atoms with Crippen molar-refractivity contribution in [2.75, 3.05) is 6.54 Å². The molecule has 0 heterocycles. The molecule has 6 heteroatoms. The van der Waals surface area contributed by atoms with Crippen LogP contribution in [0.25, 0.3) is 0 Å². The van der Waals surface area contributed by atoms with Crippen LogP contribution < -0.4 is 5.32 Å². The lowest BCUT2D eigenvalue weighted by Gasteiger charge is -2.61. The Hall–Kier alpha value is -1.59. The summed E-state index contributed by atoms with van der Waals surface area (Å²) in [5.41, 5.74) is 0.714. The van der Waals surface area contributed by atoms with Crippen molar-refractivity contribution in [3.05, 3.63) is 0 Å². The van der Waals surface area contributed by atoms with Gasteiger partial charge in [0.1, 0.15) is 12.6 Å². The van der Waals surface area contributed by atoms with Gasteiger partial charge in [-0.3, -0.25) is 14.4 Å². The summed E-state index contributed by atoms with van der Waals surface area (Å²) < 4.78 is 6.16. The van der Waals surface area contributed by atoms with E-state index in [2.05, 4.69) is 33.0 Å².